The normalized spacial score (nSPS) is 14.1. The van der Waals surface area contributed by atoms with Gasteiger partial charge in [-0.15, -0.1) is 0 Å². The molecule has 0 saturated carbocycles. The van der Waals surface area contributed by atoms with Crippen LogP contribution in [0.5, 0.6) is 0 Å². The first-order valence-electron chi connectivity index (χ1n) is 9.18. The fraction of sp³-hybridized carbons (Fsp3) is 0.263. The number of nitrogens with zero attached hydrogens (tertiary/aromatic N) is 3. The fourth-order valence-corrected chi connectivity index (χ4v) is 3.26. The molecule has 0 spiro atoms. The van der Waals surface area contributed by atoms with Crippen molar-refractivity contribution in [1.29, 1.82) is 0 Å². The van der Waals surface area contributed by atoms with Crippen LogP contribution in [0.4, 0.5) is 21.7 Å². The van der Waals surface area contributed by atoms with Gasteiger partial charge in [-0.2, -0.15) is 0 Å². The van der Waals surface area contributed by atoms with Crippen LogP contribution in [0.2, 0.25) is 0 Å². The van der Waals surface area contributed by atoms with E-state index in [1.54, 1.807) is 7.05 Å². The first-order chi connectivity index (χ1) is 14.0. The Bertz CT molecular complexity index is 1110. The van der Waals surface area contributed by atoms with Gasteiger partial charge in [0.1, 0.15) is 11.4 Å². The van der Waals surface area contributed by atoms with Crippen molar-refractivity contribution in [3.63, 3.8) is 0 Å². The highest BCUT2D eigenvalue weighted by Gasteiger charge is 2.16. The van der Waals surface area contributed by atoms with E-state index in [1.165, 1.54) is 30.6 Å². The van der Waals surface area contributed by atoms with Crippen molar-refractivity contribution in [2.24, 2.45) is 0 Å². The van der Waals surface area contributed by atoms with Crippen LogP contribution in [-0.4, -0.2) is 54.1 Å². The summed E-state index contributed by atoms with van der Waals surface area (Å²) in [6, 6.07) is 3.90. The van der Waals surface area contributed by atoms with Crippen LogP contribution in [0.25, 0.3) is 10.9 Å². The molecule has 0 atom stereocenters. The summed E-state index contributed by atoms with van der Waals surface area (Å²) in [6.45, 7) is 3.34. The number of carbonyl (C=O) groups is 1. The Hall–Kier alpha value is -3.53. The molecule has 1 aromatic carbocycles. The number of amides is 1. The van der Waals surface area contributed by atoms with Gasteiger partial charge < -0.3 is 25.8 Å². The number of halogens is 1. The minimum absolute atomic E-state index is 0.128. The monoisotopic (exact) mass is 397 g/mol. The predicted molar refractivity (Wildman–Crippen MR) is 109 cm³/mol. The highest BCUT2D eigenvalue weighted by atomic mass is 19.1. The molecule has 0 bridgehead atoms. The molecule has 150 valence electrons. The molecule has 3 heterocycles. The standard InChI is InChI=1S/C19H20FN7O2/c1-21-15-8-12(20)6-11-7-14(18(29)26-16(11)15)17(28)25-13-9-23-19(24-10-13)27-4-2-22-3-5-27/h6-10,21-22H,2-5H2,1H3,(H,25,28)(H,26,29). The molecular weight excluding hydrogens is 377 g/mol. The Morgan fingerprint density at radius 1 is 1.17 bits per heavy atom. The molecular formula is C19H20FN7O2. The van der Waals surface area contributed by atoms with E-state index in [0.717, 1.165) is 26.2 Å². The van der Waals surface area contributed by atoms with E-state index in [2.05, 4.69) is 30.9 Å². The molecule has 1 fully saturated rings. The lowest BCUT2D eigenvalue weighted by Crippen LogP contribution is -2.44. The number of benzene rings is 1. The van der Waals surface area contributed by atoms with E-state index in [9.17, 15) is 14.0 Å². The molecule has 4 N–H and O–H groups in total. The van der Waals surface area contributed by atoms with Crippen molar-refractivity contribution in [3.8, 4) is 0 Å². The Balaban J connectivity index is 1.57. The summed E-state index contributed by atoms with van der Waals surface area (Å²) in [5.41, 5.74) is 0.524. The zero-order valence-corrected chi connectivity index (χ0v) is 15.8. The Labute approximate surface area is 165 Å². The average Bonchev–Trinajstić information content (AvgIpc) is 2.74. The number of piperazine rings is 1. The molecule has 2 aromatic heterocycles. The van der Waals surface area contributed by atoms with Crippen LogP contribution >= 0.6 is 0 Å². The molecule has 4 rings (SSSR count). The summed E-state index contributed by atoms with van der Waals surface area (Å²) in [5.74, 6) is -0.512. The smallest absolute Gasteiger partial charge is 0.261 e. The number of hydrogen-bond donors (Lipinski definition) is 4. The number of nitrogens with one attached hydrogen (secondary N) is 4. The van der Waals surface area contributed by atoms with Crippen LogP contribution in [0.1, 0.15) is 10.4 Å². The van der Waals surface area contributed by atoms with Gasteiger partial charge in [0.15, 0.2) is 0 Å². The van der Waals surface area contributed by atoms with Crippen LogP contribution in [-0.2, 0) is 0 Å². The van der Waals surface area contributed by atoms with E-state index in [1.807, 2.05) is 4.90 Å². The molecule has 3 aromatic rings. The number of hydrogen-bond acceptors (Lipinski definition) is 7. The zero-order chi connectivity index (χ0) is 20.4. The average molecular weight is 397 g/mol. The Morgan fingerprint density at radius 2 is 1.90 bits per heavy atom. The summed E-state index contributed by atoms with van der Waals surface area (Å²) < 4.78 is 13.8. The van der Waals surface area contributed by atoms with Crippen molar-refractivity contribution >= 4 is 34.1 Å². The molecule has 1 aliphatic heterocycles. The van der Waals surface area contributed by atoms with E-state index < -0.39 is 17.3 Å². The number of aromatic nitrogens is 3. The van der Waals surface area contributed by atoms with Crippen molar-refractivity contribution in [3.05, 3.63) is 52.3 Å². The largest absolute Gasteiger partial charge is 0.386 e. The number of rotatable bonds is 4. The van der Waals surface area contributed by atoms with E-state index in [-0.39, 0.29) is 5.56 Å². The minimum Gasteiger partial charge on any atom is -0.386 e. The molecule has 9 nitrogen and oxygen atoms in total. The molecule has 29 heavy (non-hydrogen) atoms. The van der Waals surface area contributed by atoms with Gasteiger partial charge >= 0.3 is 0 Å². The maximum atomic E-state index is 13.8. The fourth-order valence-electron chi connectivity index (χ4n) is 3.26. The van der Waals surface area contributed by atoms with Gasteiger partial charge in [-0.3, -0.25) is 9.59 Å². The number of anilines is 3. The number of H-pyrrole nitrogens is 1. The number of fused-ring (bicyclic) bond motifs is 1. The third kappa shape index (κ3) is 3.87. The van der Waals surface area contributed by atoms with Gasteiger partial charge in [0.25, 0.3) is 11.5 Å². The van der Waals surface area contributed by atoms with Crippen molar-refractivity contribution < 1.29 is 9.18 Å². The molecule has 10 heteroatoms. The highest BCUT2D eigenvalue weighted by Crippen LogP contribution is 2.22. The third-order valence-electron chi connectivity index (χ3n) is 4.73. The summed E-state index contributed by atoms with van der Waals surface area (Å²) in [7, 11) is 1.62. The molecule has 1 aliphatic rings. The van der Waals surface area contributed by atoms with Gasteiger partial charge in [0.05, 0.1) is 29.3 Å². The minimum atomic E-state index is -0.623. The van der Waals surface area contributed by atoms with E-state index >= 15 is 0 Å². The Morgan fingerprint density at radius 3 is 2.59 bits per heavy atom. The second kappa shape index (κ2) is 7.84. The van der Waals surface area contributed by atoms with Gasteiger partial charge in [-0.1, -0.05) is 0 Å². The Kier molecular flexibility index (Phi) is 5.09. The van der Waals surface area contributed by atoms with Crippen molar-refractivity contribution in [1.82, 2.24) is 20.3 Å². The lowest BCUT2D eigenvalue weighted by atomic mass is 10.1. The summed E-state index contributed by atoms with van der Waals surface area (Å²) >= 11 is 0. The highest BCUT2D eigenvalue weighted by molar-refractivity contribution is 6.06. The van der Waals surface area contributed by atoms with Crippen LogP contribution in [0, 0.1) is 5.82 Å². The van der Waals surface area contributed by atoms with Crippen LogP contribution in [0.15, 0.2) is 35.4 Å². The second-order valence-electron chi connectivity index (χ2n) is 6.64. The molecule has 0 radical (unpaired) electrons. The number of pyridine rings is 1. The second-order valence-corrected chi connectivity index (χ2v) is 6.64. The van der Waals surface area contributed by atoms with Gasteiger partial charge in [-0.05, 0) is 18.2 Å². The SMILES string of the molecule is CNc1cc(F)cc2cc(C(=O)Nc3cnc(N4CCNCC4)nc3)c(=O)[nH]c12. The topological polar surface area (TPSA) is 115 Å². The summed E-state index contributed by atoms with van der Waals surface area (Å²) in [4.78, 5) is 38.2. The maximum Gasteiger partial charge on any atom is 0.261 e. The lowest BCUT2D eigenvalue weighted by molar-refractivity contribution is 0.102. The lowest BCUT2D eigenvalue weighted by Gasteiger charge is -2.27. The first-order valence-corrected chi connectivity index (χ1v) is 9.18. The van der Waals surface area contributed by atoms with Crippen molar-refractivity contribution in [2.45, 2.75) is 0 Å². The van der Waals surface area contributed by atoms with Gasteiger partial charge in [0, 0.05) is 38.6 Å². The predicted octanol–water partition coefficient (Wildman–Crippen LogP) is 1.16. The molecule has 0 unspecified atom stereocenters. The van der Waals surface area contributed by atoms with Crippen LogP contribution < -0.4 is 26.4 Å². The maximum absolute atomic E-state index is 13.8. The first kappa shape index (κ1) is 18.8. The molecule has 1 amide bonds. The number of aromatic amines is 1. The van der Waals surface area contributed by atoms with Crippen molar-refractivity contribution in [2.75, 3.05) is 48.8 Å². The van der Waals surface area contributed by atoms with Crippen LogP contribution in [0.3, 0.4) is 0 Å². The number of carbonyl (C=O) groups excluding carboxylic acids is 1. The molecule has 1 saturated heterocycles. The zero-order valence-electron chi connectivity index (χ0n) is 15.8. The van der Waals surface area contributed by atoms with Gasteiger partial charge in [0.2, 0.25) is 5.95 Å². The van der Waals surface area contributed by atoms with E-state index in [0.29, 0.717) is 28.2 Å². The quantitative estimate of drug-likeness (QED) is 0.522. The van der Waals surface area contributed by atoms with E-state index in [4.69, 9.17) is 0 Å². The summed E-state index contributed by atoms with van der Waals surface area (Å²) in [6.07, 6.45) is 2.99. The van der Waals surface area contributed by atoms with Gasteiger partial charge in [-0.25, -0.2) is 14.4 Å². The molecule has 0 aliphatic carbocycles. The summed E-state index contributed by atoms with van der Waals surface area (Å²) in [5, 5.41) is 9.10. The third-order valence-corrected chi connectivity index (χ3v) is 4.73.